The number of esters is 9. The van der Waals surface area contributed by atoms with Gasteiger partial charge in [-0.25, -0.2) is 9.59 Å². The smallest absolute Gasteiger partial charge is 0.350 e. The third-order valence-electron chi connectivity index (χ3n) is 29.4. The van der Waals surface area contributed by atoms with Crippen LogP contribution in [-0.2, 0) is 85.8 Å². The minimum absolute atomic E-state index is 0.0268. The van der Waals surface area contributed by atoms with Crippen LogP contribution < -0.4 is 0 Å². The quantitative estimate of drug-likeness (QED) is 0.0506. The summed E-state index contributed by atoms with van der Waals surface area (Å²) in [6.45, 7) is 20.5. The molecule has 14 aliphatic carbocycles. The molecule has 20 atom stereocenters. The van der Waals surface area contributed by atoms with Crippen molar-refractivity contribution < 1.29 is 90.9 Å². The van der Waals surface area contributed by atoms with E-state index in [4.69, 9.17) is 42.6 Å². The van der Waals surface area contributed by atoms with Crippen LogP contribution in [0, 0.1) is 122 Å². The summed E-state index contributed by atoms with van der Waals surface area (Å²) in [4.78, 5) is 137. The van der Waals surface area contributed by atoms with Crippen molar-refractivity contribution in [1.29, 1.82) is 0 Å². The zero-order chi connectivity index (χ0) is 70.0. The van der Waals surface area contributed by atoms with Crippen LogP contribution in [0.4, 0.5) is 0 Å². The van der Waals surface area contributed by atoms with Crippen molar-refractivity contribution >= 4 is 53.7 Å². The summed E-state index contributed by atoms with van der Waals surface area (Å²) < 4.78 is 57.5. The summed E-state index contributed by atoms with van der Waals surface area (Å²) in [6.07, 6.45) is 14.3. The van der Waals surface area contributed by atoms with Crippen molar-refractivity contribution in [3.8, 4) is 0 Å². The van der Waals surface area contributed by atoms with E-state index in [-0.39, 0.29) is 128 Å². The first-order valence-electron chi connectivity index (χ1n) is 38.2. The van der Waals surface area contributed by atoms with Crippen molar-refractivity contribution in [3.05, 3.63) is 12.2 Å². The van der Waals surface area contributed by atoms with Gasteiger partial charge in [0.2, 0.25) is 5.60 Å². The number of rotatable bonds is 25. The van der Waals surface area contributed by atoms with Crippen molar-refractivity contribution in [2.45, 2.75) is 290 Å². The van der Waals surface area contributed by atoms with E-state index in [1.54, 1.807) is 62.3 Å². The highest BCUT2D eigenvalue weighted by atomic mass is 16.6. The molecule has 2 aliphatic heterocycles. The van der Waals surface area contributed by atoms with Crippen molar-refractivity contribution in [1.82, 2.24) is 0 Å². The lowest BCUT2D eigenvalue weighted by atomic mass is 9.50. The second-order valence-corrected chi connectivity index (χ2v) is 38.1. The Bertz CT molecular complexity index is 3240. The first-order valence-corrected chi connectivity index (χ1v) is 38.2. The molecule has 14 bridgehead atoms. The predicted octanol–water partition coefficient (Wildman–Crippen LogP) is 12.2. The maximum absolute atomic E-state index is 17.0. The zero-order valence-corrected chi connectivity index (χ0v) is 60.5. The van der Waals surface area contributed by atoms with Gasteiger partial charge in [-0.15, -0.1) is 0 Å². The maximum atomic E-state index is 17.0. The molecule has 16 rings (SSSR count). The fourth-order valence-electron chi connectivity index (χ4n) is 25.0. The molecule has 0 aromatic rings. The highest BCUT2D eigenvalue weighted by molar-refractivity contribution is 5.92. The Kier molecular flexibility index (Phi) is 17.3. The van der Waals surface area contributed by atoms with E-state index < -0.39 is 141 Å². The fourth-order valence-corrected chi connectivity index (χ4v) is 25.0. The Morgan fingerprint density at radius 2 is 1.32 bits per heavy atom. The Morgan fingerprint density at radius 3 is 1.91 bits per heavy atom. The Balaban J connectivity index is 0.861. The first-order chi connectivity index (χ1) is 45.9. The van der Waals surface area contributed by atoms with Gasteiger partial charge < -0.3 is 47.7 Å². The van der Waals surface area contributed by atoms with Crippen LogP contribution in [0.3, 0.4) is 0 Å². The average Bonchev–Trinajstić information content (AvgIpc) is 1.71. The molecule has 2 heterocycles. The largest absolute Gasteiger partial charge is 0.463 e. The highest BCUT2D eigenvalue weighted by Gasteiger charge is 2.70. The molecule has 2 saturated heterocycles. The van der Waals surface area contributed by atoms with E-state index >= 15 is 24.0 Å². The molecular weight excluding hydrogens is 1250 g/mol. The minimum atomic E-state index is -2.21. The van der Waals surface area contributed by atoms with Gasteiger partial charge in [0, 0.05) is 30.6 Å². The lowest BCUT2D eigenvalue weighted by Crippen LogP contribution is -2.63. The normalized spacial score (nSPS) is 42.7. The summed E-state index contributed by atoms with van der Waals surface area (Å²) in [5.41, 5.74) is -15.1. The van der Waals surface area contributed by atoms with Gasteiger partial charge in [0.15, 0.2) is 6.61 Å². The SMILES string of the molecule is CCC1(OC(=O)C(C)(CC2C3CCC(C3)C2C)CC(C)(CC(C)(C(=O)OC2C3CC4C(=O)OC2C4C3)C(C)(CC(C)(C)C(=O)OCC(=O)OC(CC(=O)OC(C)(C)C)C2CC3C=CC2C3)C(=O)OC23CC4CC(CC(O)(C4)C2)C3)C(=O)OC2(C)C3CC4CC(C3)CC2C4)CCOC1=O. The van der Waals surface area contributed by atoms with Gasteiger partial charge in [0.25, 0.3) is 0 Å². The minimum Gasteiger partial charge on any atom is -0.463 e. The standard InChI is InChI=1S/C79H112O19/c1-13-79(18-19-90-69(79)88)98-65(84)72(8,36-57-42(2)48-16-17-50(57)28-48)39-73(9,66(85)96-76(12)52-23-44-20-45(25-52)26-53(76)24-44)40-75(11,67(86)94-61-51-29-55-56(30-51)63(82)93-62(55)61)74(10,68(87)97-78-34-46-21-47(35-78)33-77(89,32-46)41-78)38-71(6,7)64(83)91-37-60(81)92-58(31-59(80)95-70(3,4)5)54-27-43-14-15-49(54)22-43/h14-15,42-58,61-62,89H,13,16-41H2,1-12H3. The zero-order valence-electron chi connectivity index (χ0n) is 60.5. The third kappa shape index (κ3) is 12.2. The Labute approximate surface area is 579 Å². The third-order valence-corrected chi connectivity index (χ3v) is 29.4. The monoisotopic (exact) mass is 1360 g/mol. The molecule has 16 aliphatic rings. The van der Waals surface area contributed by atoms with Crippen LogP contribution >= 0.6 is 0 Å². The summed E-state index contributed by atoms with van der Waals surface area (Å²) >= 11 is 0. The number of allylic oxidation sites excluding steroid dienone is 2. The van der Waals surface area contributed by atoms with Gasteiger partial charge in [0.05, 0.1) is 51.6 Å². The summed E-state index contributed by atoms with van der Waals surface area (Å²) in [6, 6.07) is 0. The Morgan fingerprint density at radius 1 is 0.663 bits per heavy atom. The second kappa shape index (κ2) is 24.3. The second-order valence-electron chi connectivity index (χ2n) is 38.1. The van der Waals surface area contributed by atoms with E-state index in [0.717, 1.165) is 64.2 Å². The number of cyclic esters (lactones) is 1. The predicted molar refractivity (Wildman–Crippen MR) is 352 cm³/mol. The van der Waals surface area contributed by atoms with E-state index in [1.807, 2.05) is 6.92 Å². The molecule has 0 spiro atoms. The average molecular weight is 1370 g/mol. The molecule has 0 aromatic heterocycles. The molecule has 542 valence electrons. The number of aliphatic hydroxyl groups is 1. The molecule has 98 heavy (non-hydrogen) atoms. The van der Waals surface area contributed by atoms with Crippen LogP contribution in [0.5, 0.6) is 0 Å². The number of fused-ring (bicyclic) bond motifs is 5. The van der Waals surface area contributed by atoms with Crippen LogP contribution in [0.1, 0.15) is 244 Å². The van der Waals surface area contributed by atoms with E-state index in [2.05, 4.69) is 26.0 Å². The number of hydrogen-bond donors (Lipinski definition) is 1. The molecular formula is C79H112O19. The van der Waals surface area contributed by atoms with Crippen molar-refractivity contribution in [2.75, 3.05) is 13.2 Å². The number of carbonyl (C=O) groups is 9. The number of carbonyl (C=O) groups excluding carboxylic acids is 9. The maximum Gasteiger partial charge on any atom is 0.350 e. The molecule has 13 saturated carbocycles. The molecule has 0 aromatic carbocycles. The summed E-state index contributed by atoms with van der Waals surface area (Å²) in [7, 11) is 0. The van der Waals surface area contributed by atoms with Crippen LogP contribution in [-0.4, -0.2) is 118 Å². The van der Waals surface area contributed by atoms with Gasteiger partial charge >= 0.3 is 53.7 Å². The molecule has 1 N–H and O–H groups in total. The molecule has 0 amide bonds. The van der Waals surface area contributed by atoms with Crippen molar-refractivity contribution in [3.63, 3.8) is 0 Å². The van der Waals surface area contributed by atoms with Gasteiger partial charge in [0.1, 0.15) is 35.1 Å². The molecule has 20 unspecified atom stereocenters. The van der Waals surface area contributed by atoms with Gasteiger partial charge in [-0.2, -0.15) is 0 Å². The van der Waals surface area contributed by atoms with Gasteiger partial charge in [-0.05, 0) is 282 Å². The fraction of sp³-hybridized carbons (Fsp3) is 0.861. The molecule has 19 heteroatoms. The number of hydrogen-bond acceptors (Lipinski definition) is 19. The highest BCUT2D eigenvalue weighted by Crippen LogP contribution is 2.66. The molecule has 15 fully saturated rings. The van der Waals surface area contributed by atoms with E-state index in [1.165, 1.54) is 0 Å². The number of ether oxygens (including phenoxy) is 9. The van der Waals surface area contributed by atoms with Crippen LogP contribution in [0.2, 0.25) is 0 Å². The lowest BCUT2D eigenvalue weighted by molar-refractivity contribution is -0.236. The lowest BCUT2D eigenvalue weighted by Gasteiger charge is -2.60. The van der Waals surface area contributed by atoms with Gasteiger partial charge in [-0.1, -0.05) is 26.0 Å². The van der Waals surface area contributed by atoms with E-state index in [0.29, 0.717) is 62.7 Å². The van der Waals surface area contributed by atoms with E-state index in [9.17, 15) is 24.3 Å². The summed E-state index contributed by atoms with van der Waals surface area (Å²) in [5.74, 6) is -4.81. The first kappa shape index (κ1) is 70.0. The Hall–Kier alpha value is -5.07. The summed E-state index contributed by atoms with van der Waals surface area (Å²) in [5, 5.41) is 12.3. The molecule has 19 nitrogen and oxygen atoms in total. The van der Waals surface area contributed by atoms with Gasteiger partial charge in [-0.3, -0.25) is 33.6 Å². The van der Waals surface area contributed by atoms with Crippen LogP contribution in [0.15, 0.2) is 12.2 Å². The molecule has 0 radical (unpaired) electrons. The van der Waals surface area contributed by atoms with Crippen molar-refractivity contribution in [2.24, 2.45) is 122 Å². The topological polar surface area (TPSA) is 257 Å². The van der Waals surface area contributed by atoms with Crippen LogP contribution in [0.25, 0.3) is 0 Å².